The van der Waals surface area contributed by atoms with Crippen LogP contribution in [0.4, 0.5) is 0 Å². The lowest BCUT2D eigenvalue weighted by molar-refractivity contribution is -0.127. The molecular weight excluding hydrogens is 384 g/mol. The summed E-state index contributed by atoms with van der Waals surface area (Å²) in [4.78, 5) is 17.2. The number of methoxy groups -OCH3 is 4. The molecule has 1 amide bonds. The maximum absolute atomic E-state index is 12.7. The number of piperidine rings is 2. The highest BCUT2D eigenvalue weighted by Crippen LogP contribution is 2.38. The summed E-state index contributed by atoms with van der Waals surface area (Å²) in [7, 11) is 6.54. The third-order valence-corrected chi connectivity index (χ3v) is 6.21. The van der Waals surface area contributed by atoms with Crippen LogP contribution in [0, 0.1) is 0 Å². The Labute approximate surface area is 179 Å². The zero-order valence-corrected chi connectivity index (χ0v) is 18.6. The molecule has 7 nitrogen and oxygen atoms in total. The number of likely N-dealkylation sites (tertiary alicyclic amines) is 2. The van der Waals surface area contributed by atoms with Crippen molar-refractivity contribution in [2.24, 2.45) is 0 Å². The van der Waals surface area contributed by atoms with E-state index in [1.165, 1.54) is 0 Å². The van der Waals surface area contributed by atoms with E-state index in [0.29, 0.717) is 29.4 Å². The fraction of sp³-hybridized carbons (Fsp3) is 0.609. The van der Waals surface area contributed by atoms with Gasteiger partial charge in [-0.15, -0.1) is 0 Å². The van der Waals surface area contributed by atoms with E-state index in [0.717, 1.165) is 57.4 Å². The lowest BCUT2D eigenvalue weighted by Crippen LogP contribution is -2.49. The minimum absolute atomic E-state index is 0.0419. The third kappa shape index (κ3) is 5.26. The summed E-state index contributed by atoms with van der Waals surface area (Å²) in [6.07, 6.45) is 8.10. The number of ether oxygens (including phenoxy) is 4. The molecule has 0 bridgehead atoms. The topological polar surface area (TPSA) is 60.5 Å². The molecule has 2 fully saturated rings. The molecule has 3 rings (SSSR count). The van der Waals surface area contributed by atoms with Gasteiger partial charge < -0.3 is 28.7 Å². The van der Waals surface area contributed by atoms with Gasteiger partial charge in [0.15, 0.2) is 11.5 Å². The summed E-state index contributed by atoms with van der Waals surface area (Å²) in [5.74, 6) is 1.73. The Morgan fingerprint density at radius 3 is 2.00 bits per heavy atom. The number of amides is 1. The highest BCUT2D eigenvalue weighted by molar-refractivity contribution is 5.92. The molecule has 0 radical (unpaired) electrons. The second-order valence-electron chi connectivity index (χ2n) is 7.82. The molecule has 2 saturated heterocycles. The summed E-state index contributed by atoms with van der Waals surface area (Å²) in [6.45, 7) is 3.79. The van der Waals surface area contributed by atoms with Crippen LogP contribution in [0.1, 0.15) is 31.2 Å². The van der Waals surface area contributed by atoms with E-state index in [1.54, 1.807) is 40.6 Å². The standard InChI is InChI=1S/C23H34N2O5/c1-27-19-9-13-24(14-10-19)18-7-11-25(12-8-18)22(26)6-5-17-15-20(28-2)23(30-4)21(16-17)29-3/h5-6,15-16,18-19H,7-14H2,1-4H3. The van der Waals surface area contributed by atoms with Crippen LogP contribution in [0.3, 0.4) is 0 Å². The van der Waals surface area contributed by atoms with Crippen molar-refractivity contribution in [1.82, 2.24) is 9.80 Å². The maximum Gasteiger partial charge on any atom is 0.246 e. The van der Waals surface area contributed by atoms with E-state index in [4.69, 9.17) is 18.9 Å². The van der Waals surface area contributed by atoms with E-state index < -0.39 is 0 Å². The van der Waals surface area contributed by atoms with Gasteiger partial charge in [-0.1, -0.05) is 0 Å². The number of hydrogen-bond donors (Lipinski definition) is 0. The average Bonchev–Trinajstić information content (AvgIpc) is 2.81. The minimum Gasteiger partial charge on any atom is -0.493 e. The first kappa shape index (κ1) is 22.4. The molecule has 0 aliphatic carbocycles. The van der Waals surface area contributed by atoms with Gasteiger partial charge in [0.05, 0.1) is 27.4 Å². The molecule has 0 saturated carbocycles. The van der Waals surface area contributed by atoms with Crippen LogP contribution in [0.15, 0.2) is 18.2 Å². The first-order valence-electron chi connectivity index (χ1n) is 10.6. The molecule has 7 heteroatoms. The van der Waals surface area contributed by atoms with Crippen LogP contribution in [0.2, 0.25) is 0 Å². The van der Waals surface area contributed by atoms with Crippen LogP contribution in [-0.2, 0) is 9.53 Å². The molecule has 1 aromatic rings. The third-order valence-electron chi connectivity index (χ3n) is 6.21. The molecule has 0 spiro atoms. The van der Waals surface area contributed by atoms with Crippen molar-refractivity contribution in [1.29, 1.82) is 0 Å². The van der Waals surface area contributed by atoms with Crippen molar-refractivity contribution in [3.8, 4) is 17.2 Å². The van der Waals surface area contributed by atoms with Gasteiger partial charge in [-0.2, -0.15) is 0 Å². The number of hydrogen-bond acceptors (Lipinski definition) is 6. The smallest absolute Gasteiger partial charge is 0.246 e. The monoisotopic (exact) mass is 418 g/mol. The second-order valence-corrected chi connectivity index (χ2v) is 7.82. The number of carbonyl (C=O) groups excluding carboxylic acids is 1. The van der Waals surface area contributed by atoms with Crippen molar-refractivity contribution in [2.45, 2.75) is 37.8 Å². The first-order valence-corrected chi connectivity index (χ1v) is 10.6. The van der Waals surface area contributed by atoms with E-state index in [2.05, 4.69) is 4.90 Å². The van der Waals surface area contributed by atoms with Gasteiger partial charge in [0.25, 0.3) is 0 Å². The van der Waals surface area contributed by atoms with E-state index in [9.17, 15) is 4.79 Å². The van der Waals surface area contributed by atoms with E-state index in [1.807, 2.05) is 17.0 Å². The fourth-order valence-electron chi connectivity index (χ4n) is 4.40. The van der Waals surface area contributed by atoms with Gasteiger partial charge >= 0.3 is 0 Å². The molecule has 2 aliphatic rings. The average molecular weight is 419 g/mol. The molecule has 0 N–H and O–H groups in total. The zero-order chi connectivity index (χ0) is 21.5. The predicted octanol–water partition coefficient (Wildman–Crippen LogP) is 2.83. The second kappa shape index (κ2) is 10.7. The summed E-state index contributed by atoms with van der Waals surface area (Å²) in [5.41, 5.74) is 0.828. The molecule has 2 aliphatic heterocycles. The van der Waals surface area contributed by atoms with Crippen LogP contribution in [0.25, 0.3) is 6.08 Å². The van der Waals surface area contributed by atoms with Crippen molar-refractivity contribution in [2.75, 3.05) is 54.6 Å². The van der Waals surface area contributed by atoms with E-state index in [-0.39, 0.29) is 5.91 Å². The quantitative estimate of drug-likeness (QED) is 0.635. The van der Waals surface area contributed by atoms with Crippen molar-refractivity contribution < 1.29 is 23.7 Å². The van der Waals surface area contributed by atoms with Crippen LogP contribution >= 0.6 is 0 Å². The fourth-order valence-corrected chi connectivity index (χ4v) is 4.40. The lowest BCUT2D eigenvalue weighted by atomic mass is 9.99. The molecule has 1 aromatic carbocycles. The van der Waals surface area contributed by atoms with Crippen LogP contribution < -0.4 is 14.2 Å². The number of carbonyl (C=O) groups is 1. The molecular formula is C23H34N2O5. The Morgan fingerprint density at radius 2 is 1.50 bits per heavy atom. The molecule has 0 aromatic heterocycles. The Bertz CT molecular complexity index is 710. The summed E-state index contributed by atoms with van der Waals surface area (Å²) in [5, 5.41) is 0. The Hall–Kier alpha value is -2.25. The Morgan fingerprint density at radius 1 is 0.900 bits per heavy atom. The number of rotatable bonds is 7. The van der Waals surface area contributed by atoms with Crippen LogP contribution in [0.5, 0.6) is 17.2 Å². The van der Waals surface area contributed by atoms with Crippen molar-refractivity contribution >= 4 is 12.0 Å². The van der Waals surface area contributed by atoms with Gasteiger partial charge in [-0.25, -0.2) is 0 Å². The summed E-state index contributed by atoms with van der Waals surface area (Å²) in [6, 6.07) is 4.24. The van der Waals surface area contributed by atoms with Gasteiger partial charge in [-0.05, 0) is 49.5 Å². The molecule has 30 heavy (non-hydrogen) atoms. The largest absolute Gasteiger partial charge is 0.493 e. The van der Waals surface area contributed by atoms with Crippen molar-refractivity contribution in [3.63, 3.8) is 0 Å². The highest BCUT2D eigenvalue weighted by atomic mass is 16.5. The van der Waals surface area contributed by atoms with Gasteiger partial charge in [-0.3, -0.25) is 4.79 Å². The molecule has 0 atom stereocenters. The minimum atomic E-state index is 0.0419. The Kier molecular flexibility index (Phi) is 7.99. The molecule has 0 unspecified atom stereocenters. The van der Waals surface area contributed by atoms with Gasteiger partial charge in [0.2, 0.25) is 11.7 Å². The van der Waals surface area contributed by atoms with Crippen LogP contribution in [-0.4, -0.2) is 82.5 Å². The molecule has 166 valence electrons. The number of benzene rings is 1. The van der Waals surface area contributed by atoms with Gasteiger partial charge in [0.1, 0.15) is 0 Å². The van der Waals surface area contributed by atoms with Gasteiger partial charge in [0, 0.05) is 45.4 Å². The Balaban J connectivity index is 1.55. The predicted molar refractivity (Wildman–Crippen MR) is 116 cm³/mol. The highest BCUT2D eigenvalue weighted by Gasteiger charge is 2.29. The number of nitrogens with zero attached hydrogens (tertiary/aromatic N) is 2. The summed E-state index contributed by atoms with van der Waals surface area (Å²) >= 11 is 0. The van der Waals surface area contributed by atoms with Crippen molar-refractivity contribution in [3.05, 3.63) is 23.8 Å². The lowest BCUT2D eigenvalue weighted by Gasteiger charge is -2.41. The maximum atomic E-state index is 12.7. The zero-order valence-electron chi connectivity index (χ0n) is 18.6. The summed E-state index contributed by atoms with van der Waals surface area (Å²) < 4.78 is 21.6. The first-order chi connectivity index (χ1) is 14.6. The normalized spacial score (nSPS) is 19.3. The molecule has 2 heterocycles. The SMILES string of the molecule is COc1cc(C=CC(=O)N2CCC(N3CCC(OC)CC3)CC2)cc(OC)c1OC. The van der Waals surface area contributed by atoms with E-state index >= 15 is 0 Å².